The van der Waals surface area contributed by atoms with E-state index in [1.54, 1.807) is 4.72 Å². The van der Waals surface area contributed by atoms with Crippen LogP contribution in [0.2, 0.25) is 0 Å². The lowest BCUT2D eigenvalue weighted by Crippen LogP contribution is -2.38. The lowest BCUT2D eigenvalue weighted by molar-refractivity contribution is -0.135. The molecule has 28 heavy (non-hydrogen) atoms. The number of methoxy groups -OCH3 is 3. The van der Waals surface area contributed by atoms with Gasteiger partial charge in [0, 0.05) is 11.3 Å². The number of sulfonamides is 1. The van der Waals surface area contributed by atoms with Gasteiger partial charge in [0.1, 0.15) is 4.91 Å². The van der Waals surface area contributed by atoms with Crippen LogP contribution in [0.5, 0.6) is 12.0 Å². The molecule has 0 aromatic carbocycles. The van der Waals surface area contributed by atoms with Gasteiger partial charge in [0.05, 0.1) is 26.9 Å². The van der Waals surface area contributed by atoms with Gasteiger partial charge in [-0.25, -0.2) is 22.7 Å². The number of amides is 2. The number of rotatable bonds is 6. The van der Waals surface area contributed by atoms with Crippen molar-refractivity contribution in [3.05, 3.63) is 22.6 Å². The third-order valence-corrected chi connectivity index (χ3v) is 5.13. The number of ether oxygens (including phenoxy) is 3. The Morgan fingerprint density at radius 2 is 1.71 bits per heavy atom. The van der Waals surface area contributed by atoms with Gasteiger partial charge in [-0.15, -0.1) is 4.98 Å². The number of carbonyl (C=O) groups excluding carboxylic acids is 2. The Labute approximate surface area is 165 Å². The maximum atomic E-state index is 12.6. The van der Waals surface area contributed by atoms with Crippen molar-refractivity contribution in [2.24, 2.45) is 0 Å². The average molecular weight is 429 g/mol. The monoisotopic (exact) mass is 429 g/mol. The SMILES string of the molecule is COC(=O)C1=C(S(=O)(=O)NC(=O)Nc2nc(OC)nc(OC)n2)C(=S)CC=C1. The zero-order valence-corrected chi connectivity index (χ0v) is 16.5. The number of carbonyl (C=O) groups is 2. The molecule has 14 heteroatoms. The molecule has 1 aliphatic carbocycles. The van der Waals surface area contributed by atoms with Crippen LogP contribution in [-0.2, 0) is 19.6 Å². The summed E-state index contributed by atoms with van der Waals surface area (Å²) in [4.78, 5) is 34.6. The first-order valence-electron chi connectivity index (χ1n) is 7.42. The number of nitrogens with one attached hydrogen (secondary N) is 2. The van der Waals surface area contributed by atoms with E-state index in [0.29, 0.717) is 0 Å². The van der Waals surface area contributed by atoms with Crippen molar-refractivity contribution < 1.29 is 32.2 Å². The van der Waals surface area contributed by atoms with E-state index in [4.69, 9.17) is 21.7 Å². The van der Waals surface area contributed by atoms with Gasteiger partial charge in [0.2, 0.25) is 5.95 Å². The number of thiocarbonyl (C=S) groups is 1. The summed E-state index contributed by atoms with van der Waals surface area (Å²) in [6, 6.07) is -1.54. The van der Waals surface area contributed by atoms with Gasteiger partial charge < -0.3 is 14.2 Å². The quantitative estimate of drug-likeness (QED) is 0.466. The van der Waals surface area contributed by atoms with E-state index in [0.717, 1.165) is 7.11 Å². The van der Waals surface area contributed by atoms with Crippen LogP contribution in [-0.4, -0.2) is 61.6 Å². The second-order valence-corrected chi connectivity index (χ2v) is 7.07. The average Bonchev–Trinajstić information content (AvgIpc) is 2.65. The standard InChI is InChI=1S/C14H15N5O7S2/c1-24-10(20)7-5-4-6-8(27)9(7)28(22,23)19-12(21)15-11-16-13(25-2)18-14(17-11)26-3/h4-5H,6H2,1-3H3,(H2,15,16,17,18,19,21). The van der Waals surface area contributed by atoms with Crippen LogP contribution in [0.3, 0.4) is 0 Å². The van der Waals surface area contributed by atoms with Gasteiger partial charge in [0.25, 0.3) is 10.0 Å². The zero-order valence-electron chi connectivity index (χ0n) is 14.9. The Hall–Kier alpha value is -3.13. The Kier molecular flexibility index (Phi) is 6.58. The smallest absolute Gasteiger partial charge is 0.339 e. The van der Waals surface area contributed by atoms with E-state index >= 15 is 0 Å². The molecule has 0 aliphatic heterocycles. The first-order chi connectivity index (χ1) is 13.2. The number of esters is 1. The predicted octanol–water partition coefficient (Wildman–Crippen LogP) is 0.0970. The van der Waals surface area contributed by atoms with Gasteiger partial charge in [0.15, 0.2) is 0 Å². The number of anilines is 1. The van der Waals surface area contributed by atoms with E-state index < -0.39 is 26.9 Å². The molecule has 0 saturated heterocycles. The fraction of sp³-hybridized carbons (Fsp3) is 0.286. The van der Waals surface area contributed by atoms with Crippen LogP contribution in [0.15, 0.2) is 22.6 Å². The van der Waals surface area contributed by atoms with Gasteiger partial charge in [-0.2, -0.15) is 9.97 Å². The molecular formula is C14H15N5O7S2. The summed E-state index contributed by atoms with van der Waals surface area (Å²) >= 11 is 5.03. The Morgan fingerprint density at radius 3 is 2.25 bits per heavy atom. The molecule has 12 nitrogen and oxygen atoms in total. The van der Waals surface area contributed by atoms with E-state index in [2.05, 4.69) is 25.0 Å². The third-order valence-electron chi connectivity index (χ3n) is 3.17. The topological polar surface area (TPSA) is 159 Å². The first-order valence-corrected chi connectivity index (χ1v) is 9.31. The largest absolute Gasteiger partial charge is 0.467 e. The highest BCUT2D eigenvalue weighted by molar-refractivity contribution is 7.97. The van der Waals surface area contributed by atoms with Crippen molar-refractivity contribution in [1.82, 2.24) is 19.7 Å². The predicted molar refractivity (Wildman–Crippen MR) is 99.4 cm³/mol. The minimum absolute atomic E-state index is 0.0494. The summed E-state index contributed by atoms with van der Waals surface area (Å²) in [5, 5.41) is 2.11. The second kappa shape index (κ2) is 8.71. The fourth-order valence-corrected chi connectivity index (χ4v) is 3.80. The van der Waals surface area contributed by atoms with Crippen molar-refractivity contribution in [1.29, 1.82) is 0 Å². The molecule has 0 atom stereocenters. The molecule has 0 unspecified atom stereocenters. The molecule has 0 bridgehead atoms. The molecule has 2 amide bonds. The Balaban J connectivity index is 2.29. The molecule has 0 radical (unpaired) electrons. The molecule has 1 aromatic heterocycles. The molecule has 150 valence electrons. The molecule has 2 N–H and O–H groups in total. The summed E-state index contributed by atoms with van der Waals surface area (Å²) in [6.45, 7) is 0. The van der Waals surface area contributed by atoms with E-state index in [1.165, 1.54) is 26.4 Å². The van der Waals surface area contributed by atoms with Gasteiger partial charge >= 0.3 is 24.0 Å². The summed E-state index contributed by atoms with van der Waals surface area (Å²) in [6.07, 6.45) is 2.88. The van der Waals surface area contributed by atoms with Crippen LogP contribution >= 0.6 is 12.2 Å². The second-order valence-electron chi connectivity index (χ2n) is 4.96. The molecule has 1 aliphatic rings. The molecule has 0 fully saturated rings. The van der Waals surface area contributed by atoms with Crippen LogP contribution in [0.25, 0.3) is 0 Å². The number of hydrogen-bond acceptors (Lipinski definition) is 11. The molecule has 0 spiro atoms. The normalized spacial score (nSPS) is 13.8. The lowest BCUT2D eigenvalue weighted by atomic mass is 10.1. The molecule has 1 heterocycles. The van der Waals surface area contributed by atoms with Gasteiger partial charge in [-0.05, 0) is 6.08 Å². The van der Waals surface area contributed by atoms with Crippen molar-refractivity contribution >= 4 is 45.1 Å². The van der Waals surface area contributed by atoms with Crippen molar-refractivity contribution in [3.8, 4) is 12.0 Å². The van der Waals surface area contributed by atoms with E-state index in [1.807, 2.05) is 0 Å². The van der Waals surface area contributed by atoms with Gasteiger partial charge in [-0.1, -0.05) is 18.3 Å². The molecule has 0 saturated carbocycles. The number of nitrogens with zero attached hydrogens (tertiary/aromatic N) is 3. The highest BCUT2D eigenvalue weighted by Gasteiger charge is 2.32. The Morgan fingerprint density at radius 1 is 1.11 bits per heavy atom. The number of hydrogen-bond donors (Lipinski definition) is 2. The maximum Gasteiger partial charge on any atom is 0.339 e. The number of urea groups is 1. The molecular weight excluding hydrogens is 414 g/mol. The Bertz CT molecular complexity index is 966. The van der Waals surface area contributed by atoms with Crippen LogP contribution in [0.1, 0.15) is 6.42 Å². The molecule has 1 aromatic rings. The fourth-order valence-electron chi connectivity index (χ4n) is 2.04. The van der Waals surface area contributed by atoms with Crippen LogP contribution < -0.4 is 19.5 Å². The lowest BCUT2D eigenvalue weighted by Gasteiger charge is -2.16. The van der Waals surface area contributed by atoms with Gasteiger partial charge in [-0.3, -0.25) is 5.32 Å². The van der Waals surface area contributed by atoms with Crippen molar-refractivity contribution in [2.45, 2.75) is 6.42 Å². The van der Waals surface area contributed by atoms with Crippen molar-refractivity contribution in [3.63, 3.8) is 0 Å². The summed E-state index contributed by atoms with van der Waals surface area (Å²) in [5.74, 6) is -1.24. The minimum Gasteiger partial charge on any atom is -0.467 e. The molecule has 2 rings (SSSR count). The van der Waals surface area contributed by atoms with Crippen molar-refractivity contribution in [2.75, 3.05) is 26.6 Å². The third kappa shape index (κ3) is 4.77. The maximum absolute atomic E-state index is 12.6. The van der Waals surface area contributed by atoms with E-state index in [-0.39, 0.29) is 34.8 Å². The van der Waals surface area contributed by atoms with Crippen LogP contribution in [0, 0.1) is 0 Å². The van der Waals surface area contributed by atoms with E-state index in [9.17, 15) is 18.0 Å². The zero-order chi connectivity index (χ0) is 20.9. The number of allylic oxidation sites excluding steroid dienone is 2. The minimum atomic E-state index is -4.50. The number of aromatic nitrogens is 3. The summed E-state index contributed by atoms with van der Waals surface area (Å²) in [5.41, 5.74) is -0.289. The highest BCUT2D eigenvalue weighted by Crippen LogP contribution is 2.23. The summed E-state index contributed by atoms with van der Waals surface area (Å²) in [7, 11) is -0.848. The summed E-state index contributed by atoms with van der Waals surface area (Å²) < 4.78 is 41.2. The first kappa shape index (κ1) is 21.2. The van der Waals surface area contributed by atoms with Crippen LogP contribution in [0.4, 0.5) is 10.7 Å². The highest BCUT2D eigenvalue weighted by atomic mass is 32.2.